The highest BCUT2D eigenvalue weighted by molar-refractivity contribution is 7.92. The van der Waals surface area contributed by atoms with E-state index >= 15 is 0 Å². The first-order chi connectivity index (χ1) is 12.9. The van der Waals surface area contributed by atoms with Crippen molar-refractivity contribution in [2.75, 3.05) is 20.8 Å². The number of hydrogen-bond donors (Lipinski definition) is 0. The molecule has 9 heteroatoms. The topological polar surface area (TPSA) is 105 Å². The van der Waals surface area contributed by atoms with Crippen molar-refractivity contribution in [1.29, 1.82) is 0 Å². The van der Waals surface area contributed by atoms with Crippen molar-refractivity contribution < 1.29 is 37.0 Å². The summed E-state index contributed by atoms with van der Waals surface area (Å²) in [5.41, 5.74) is 0. The molecule has 1 aliphatic heterocycles. The van der Waals surface area contributed by atoms with Crippen LogP contribution in [0.3, 0.4) is 0 Å². The lowest BCUT2D eigenvalue weighted by atomic mass is 10.2. The Kier molecular flexibility index (Phi) is 6.62. The summed E-state index contributed by atoms with van der Waals surface area (Å²) in [6.07, 6.45) is 1.02. The Balaban J connectivity index is 2.39. The molecule has 1 heterocycles. The van der Waals surface area contributed by atoms with E-state index < -0.39 is 27.0 Å². The van der Waals surface area contributed by atoms with Crippen LogP contribution in [0.25, 0.3) is 0 Å². The van der Waals surface area contributed by atoms with Gasteiger partial charge in [-0.2, -0.15) is 0 Å². The second-order valence-corrected chi connectivity index (χ2v) is 7.49. The maximum absolute atomic E-state index is 12.9. The number of esters is 2. The van der Waals surface area contributed by atoms with Crippen molar-refractivity contribution in [2.45, 2.75) is 23.5 Å². The third kappa shape index (κ3) is 4.30. The third-order valence-corrected chi connectivity index (χ3v) is 5.80. The molecule has 27 heavy (non-hydrogen) atoms. The van der Waals surface area contributed by atoms with Crippen LogP contribution in [-0.4, -0.2) is 46.4 Å². The molecule has 0 fully saturated rings. The fourth-order valence-corrected chi connectivity index (χ4v) is 4.01. The molecule has 1 aromatic carbocycles. The van der Waals surface area contributed by atoms with Crippen LogP contribution in [0.2, 0.25) is 0 Å². The Labute approximate surface area is 157 Å². The van der Waals surface area contributed by atoms with Crippen LogP contribution in [0.15, 0.2) is 58.6 Å². The van der Waals surface area contributed by atoms with Crippen LogP contribution in [0.4, 0.5) is 0 Å². The van der Waals surface area contributed by atoms with Gasteiger partial charge in [0.05, 0.1) is 25.7 Å². The monoisotopic (exact) mass is 396 g/mol. The molecule has 1 atom stereocenters. The number of hydrogen-bond acceptors (Lipinski definition) is 8. The van der Waals surface area contributed by atoms with Gasteiger partial charge in [-0.25, -0.2) is 13.2 Å². The number of carbonyl (C=O) groups is 2. The molecule has 0 saturated carbocycles. The van der Waals surface area contributed by atoms with Gasteiger partial charge in [0.15, 0.2) is 20.8 Å². The average Bonchev–Trinajstić information content (AvgIpc) is 2.97. The van der Waals surface area contributed by atoms with Gasteiger partial charge in [-0.1, -0.05) is 18.2 Å². The number of methoxy groups -OCH3 is 2. The standard InChI is InChI=1S/C18H20O8S/c1-4-25-17(19)14(27(21,22)12-8-6-5-7-9-12)11-10-13-15(23-2)16(24-3)18(20)26-13/h5-10,14H,4,11H2,1-3H3/b13-10-. The minimum absolute atomic E-state index is 0.00930. The van der Waals surface area contributed by atoms with E-state index in [0.29, 0.717) is 0 Å². The number of rotatable bonds is 8. The first-order valence-corrected chi connectivity index (χ1v) is 9.62. The Morgan fingerprint density at radius 1 is 1.15 bits per heavy atom. The van der Waals surface area contributed by atoms with E-state index in [-0.39, 0.29) is 35.2 Å². The van der Waals surface area contributed by atoms with Gasteiger partial charge in [-0.05, 0) is 31.6 Å². The summed E-state index contributed by atoms with van der Waals surface area (Å²) >= 11 is 0. The summed E-state index contributed by atoms with van der Waals surface area (Å²) in [5.74, 6) is -1.78. The molecule has 0 amide bonds. The van der Waals surface area contributed by atoms with Crippen LogP contribution in [0.5, 0.6) is 0 Å². The van der Waals surface area contributed by atoms with Crippen molar-refractivity contribution in [3.63, 3.8) is 0 Å². The zero-order valence-electron chi connectivity index (χ0n) is 15.1. The predicted molar refractivity (Wildman–Crippen MR) is 93.9 cm³/mol. The lowest BCUT2D eigenvalue weighted by Crippen LogP contribution is -2.32. The molecule has 0 aromatic heterocycles. The smallest absolute Gasteiger partial charge is 0.383 e. The summed E-state index contributed by atoms with van der Waals surface area (Å²) in [7, 11) is -1.43. The molecule has 0 saturated heterocycles. The molecule has 0 spiro atoms. The van der Waals surface area contributed by atoms with Crippen LogP contribution < -0.4 is 0 Å². The highest BCUT2D eigenvalue weighted by Crippen LogP contribution is 2.29. The zero-order valence-corrected chi connectivity index (χ0v) is 15.9. The van der Waals surface area contributed by atoms with Gasteiger partial charge in [0.25, 0.3) is 5.76 Å². The fourth-order valence-electron chi connectivity index (χ4n) is 2.47. The van der Waals surface area contributed by atoms with E-state index in [9.17, 15) is 18.0 Å². The number of cyclic esters (lactones) is 1. The average molecular weight is 396 g/mol. The number of ether oxygens (including phenoxy) is 4. The summed E-state index contributed by atoms with van der Waals surface area (Å²) in [6.45, 7) is 1.61. The molecule has 1 unspecified atom stereocenters. The molecule has 0 radical (unpaired) electrons. The van der Waals surface area contributed by atoms with E-state index in [1.54, 1.807) is 25.1 Å². The van der Waals surface area contributed by atoms with Crippen LogP contribution in [0, 0.1) is 0 Å². The quantitative estimate of drug-likeness (QED) is 0.612. The van der Waals surface area contributed by atoms with Crippen molar-refractivity contribution in [2.24, 2.45) is 0 Å². The van der Waals surface area contributed by atoms with Gasteiger partial charge in [-0.15, -0.1) is 0 Å². The Hall–Kier alpha value is -2.81. The first kappa shape index (κ1) is 20.5. The normalized spacial score (nSPS) is 16.9. The van der Waals surface area contributed by atoms with Gasteiger partial charge in [0.1, 0.15) is 0 Å². The highest BCUT2D eigenvalue weighted by atomic mass is 32.2. The van der Waals surface area contributed by atoms with E-state index in [1.807, 2.05) is 0 Å². The lowest BCUT2D eigenvalue weighted by Gasteiger charge is -2.15. The highest BCUT2D eigenvalue weighted by Gasteiger charge is 2.37. The molecular weight excluding hydrogens is 376 g/mol. The summed E-state index contributed by atoms with van der Waals surface area (Å²) in [6, 6.07) is 7.58. The molecule has 8 nitrogen and oxygen atoms in total. The molecule has 1 aromatic rings. The third-order valence-electron chi connectivity index (χ3n) is 3.74. The maximum atomic E-state index is 12.9. The Bertz CT molecular complexity index is 868. The number of sulfone groups is 1. The van der Waals surface area contributed by atoms with E-state index in [1.165, 1.54) is 32.4 Å². The van der Waals surface area contributed by atoms with Gasteiger partial charge in [0.2, 0.25) is 5.76 Å². The van der Waals surface area contributed by atoms with Gasteiger partial charge < -0.3 is 18.9 Å². The predicted octanol–water partition coefficient (Wildman–Crippen LogP) is 1.73. The number of allylic oxidation sites excluding steroid dienone is 1. The zero-order chi connectivity index (χ0) is 20.0. The molecule has 2 rings (SSSR count). The SMILES string of the molecule is CCOC(=O)C(C/C=C1\OC(=O)C(OC)=C1OC)S(=O)(=O)c1ccccc1. The molecular formula is C18H20O8S. The van der Waals surface area contributed by atoms with E-state index in [2.05, 4.69) is 0 Å². The molecule has 146 valence electrons. The molecule has 1 aliphatic rings. The minimum atomic E-state index is -4.02. The summed E-state index contributed by atoms with van der Waals surface area (Å²) in [5, 5.41) is -1.50. The number of benzene rings is 1. The van der Waals surface area contributed by atoms with Crippen LogP contribution in [0.1, 0.15) is 13.3 Å². The number of carbonyl (C=O) groups excluding carboxylic acids is 2. The van der Waals surface area contributed by atoms with Gasteiger partial charge >= 0.3 is 11.9 Å². The molecule has 0 bridgehead atoms. The van der Waals surface area contributed by atoms with Crippen LogP contribution in [-0.2, 0) is 38.4 Å². The second kappa shape index (κ2) is 8.72. The lowest BCUT2D eigenvalue weighted by molar-refractivity contribution is -0.142. The summed E-state index contributed by atoms with van der Waals surface area (Å²) < 4.78 is 45.7. The Morgan fingerprint density at radius 2 is 1.78 bits per heavy atom. The van der Waals surface area contributed by atoms with E-state index in [4.69, 9.17) is 18.9 Å². The van der Waals surface area contributed by atoms with Crippen molar-refractivity contribution in [3.05, 3.63) is 53.7 Å². The van der Waals surface area contributed by atoms with E-state index in [0.717, 1.165) is 0 Å². The van der Waals surface area contributed by atoms with Crippen LogP contribution >= 0.6 is 0 Å². The largest absolute Gasteiger partial charge is 0.490 e. The van der Waals surface area contributed by atoms with Crippen molar-refractivity contribution >= 4 is 21.8 Å². The van der Waals surface area contributed by atoms with Gasteiger partial charge in [0, 0.05) is 0 Å². The van der Waals surface area contributed by atoms with Gasteiger partial charge in [-0.3, -0.25) is 4.79 Å². The molecule has 0 aliphatic carbocycles. The molecule has 0 N–H and O–H groups in total. The van der Waals surface area contributed by atoms with Crippen molar-refractivity contribution in [3.8, 4) is 0 Å². The second-order valence-electron chi connectivity index (χ2n) is 5.36. The fraction of sp³-hybridized carbons (Fsp3) is 0.333. The summed E-state index contributed by atoms with van der Waals surface area (Å²) in [4.78, 5) is 24.0. The maximum Gasteiger partial charge on any atom is 0.383 e. The first-order valence-electron chi connectivity index (χ1n) is 8.07. The minimum Gasteiger partial charge on any atom is -0.490 e. The van der Waals surface area contributed by atoms with Crippen molar-refractivity contribution in [1.82, 2.24) is 0 Å². The Morgan fingerprint density at radius 3 is 2.33 bits per heavy atom.